The summed E-state index contributed by atoms with van der Waals surface area (Å²) in [6, 6.07) is 3.87. The van der Waals surface area contributed by atoms with E-state index >= 15 is 0 Å². The number of rotatable bonds is 5. The number of hydrogen-bond acceptors (Lipinski definition) is 6. The maximum Gasteiger partial charge on any atom is 0.228 e. The summed E-state index contributed by atoms with van der Waals surface area (Å²) in [5.41, 5.74) is 1.06. The minimum atomic E-state index is -0.715. The molecule has 1 saturated heterocycles. The zero-order valence-corrected chi connectivity index (χ0v) is 17.7. The lowest BCUT2D eigenvalue weighted by molar-refractivity contribution is -0.121. The zero-order valence-electron chi connectivity index (χ0n) is 17.7. The van der Waals surface area contributed by atoms with Gasteiger partial charge in [-0.3, -0.25) is 14.5 Å². The van der Waals surface area contributed by atoms with E-state index < -0.39 is 5.60 Å². The highest BCUT2D eigenvalue weighted by Gasteiger charge is 2.27. The summed E-state index contributed by atoms with van der Waals surface area (Å²) in [5, 5.41) is 19.0. The van der Waals surface area contributed by atoms with E-state index in [1.54, 1.807) is 23.3 Å². The van der Waals surface area contributed by atoms with Crippen LogP contribution in [0.1, 0.15) is 26.7 Å². The molecular weight excluding hydrogens is 380 g/mol. The van der Waals surface area contributed by atoms with Gasteiger partial charge in [-0.1, -0.05) is 0 Å². The monoisotopic (exact) mass is 408 g/mol. The molecule has 158 valence electrons. The Hall–Kier alpha value is -2.84. The van der Waals surface area contributed by atoms with Crippen molar-refractivity contribution in [3.05, 3.63) is 36.9 Å². The van der Waals surface area contributed by atoms with Crippen LogP contribution in [0.2, 0.25) is 0 Å². The number of fused-ring (bicyclic) bond motifs is 1. The Morgan fingerprint density at radius 3 is 2.57 bits per heavy atom. The number of carbonyl (C=O) groups is 1. The van der Waals surface area contributed by atoms with Crippen LogP contribution in [0.3, 0.4) is 0 Å². The first-order valence-electron chi connectivity index (χ1n) is 10.3. The molecule has 0 aromatic carbocycles. The number of anilines is 1. The van der Waals surface area contributed by atoms with Gasteiger partial charge in [-0.25, -0.2) is 4.98 Å². The first kappa shape index (κ1) is 20.4. The lowest BCUT2D eigenvalue weighted by Gasteiger charge is -2.34. The molecule has 8 heteroatoms. The number of carbonyl (C=O) groups excluding carboxylic acids is 1. The normalized spacial score (nSPS) is 16.1. The zero-order chi connectivity index (χ0) is 21.3. The van der Waals surface area contributed by atoms with E-state index in [0.29, 0.717) is 12.4 Å². The molecule has 3 aromatic rings. The van der Waals surface area contributed by atoms with Gasteiger partial charge in [0.25, 0.3) is 0 Å². The highest BCUT2D eigenvalue weighted by Crippen LogP contribution is 2.24. The summed E-state index contributed by atoms with van der Waals surface area (Å²) in [7, 11) is 1.87. The number of aryl methyl sites for hydroxylation is 1. The quantitative estimate of drug-likeness (QED) is 0.673. The number of nitrogens with zero attached hydrogens (tertiary/aromatic N) is 5. The van der Waals surface area contributed by atoms with Crippen molar-refractivity contribution in [2.24, 2.45) is 13.0 Å². The van der Waals surface area contributed by atoms with Crippen molar-refractivity contribution in [2.45, 2.75) is 32.3 Å². The average Bonchev–Trinajstić information content (AvgIpc) is 3.13. The molecule has 30 heavy (non-hydrogen) atoms. The third-order valence-corrected chi connectivity index (χ3v) is 5.42. The number of hydrogen-bond donors (Lipinski definition) is 2. The Labute approximate surface area is 175 Å². The molecule has 1 aliphatic heterocycles. The summed E-state index contributed by atoms with van der Waals surface area (Å²) in [4.78, 5) is 23.8. The van der Waals surface area contributed by atoms with Gasteiger partial charge in [0.2, 0.25) is 5.91 Å². The molecule has 4 heterocycles. The topological polar surface area (TPSA) is 96.2 Å². The molecule has 0 bridgehead atoms. The molecule has 1 amide bonds. The Balaban J connectivity index is 1.43. The highest BCUT2D eigenvalue weighted by atomic mass is 16.3. The third-order valence-electron chi connectivity index (χ3n) is 5.42. The number of likely N-dealkylation sites (tertiary alicyclic amines) is 1. The molecule has 0 radical (unpaired) electrons. The summed E-state index contributed by atoms with van der Waals surface area (Å²) < 4.78 is 1.74. The Morgan fingerprint density at radius 1 is 1.17 bits per heavy atom. The van der Waals surface area contributed by atoms with E-state index in [2.05, 4.69) is 25.3 Å². The molecule has 1 fully saturated rings. The van der Waals surface area contributed by atoms with Gasteiger partial charge >= 0.3 is 0 Å². The fourth-order valence-corrected chi connectivity index (χ4v) is 3.95. The van der Waals surface area contributed by atoms with Crippen LogP contribution in [0, 0.1) is 5.92 Å². The first-order valence-corrected chi connectivity index (χ1v) is 10.3. The molecule has 0 spiro atoms. The lowest BCUT2D eigenvalue weighted by Crippen LogP contribution is -2.44. The number of piperidine rings is 1. The largest absolute Gasteiger partial charge is 0.389 e. The average molecular weight is 409 g/mol. The third kappa shape index (κ3) is 4.83. The lowest BCUT2D eigenvalue weighted by atomic mass is 9.95. The molecule has 3 aromatic heterocycles. The van der Waals surface area contributed by atoms with Crippen LogP contribution in [0.5, 0.6) is 0 Å². The fourth-order valence-electron chi connectivity index (χ4n) is 3.95. The van der Waals surface area contributed by atoms with Crippen LogP contribution in [-0.4, -0.2) is 60.9 Å². The molecule has 4 rings (SSSR count). The van der Waals surface area contributed by atoms with E-state index in [1.807, 2.05) is 39.2 Å². The Morgan fingerprint density at radius 2 is 1.90 bits per heavy atom. The standard InChI is InChI=1S/C22H28N6O2/c1-22(2,30)14-28-6-4-15(5-7-28)21(29)26-20-9-16-8-19(18-12-25-27(3)13-18)23-10-17(16)11-24-20/h8-13,15,30H,4-7,14H2,1-3H3,(H,24,26,29). The van der Waals surface area contributed by atoms with Crippen LogP contribution >= 0.6 is 0 Å². The second-order valence-corrected chi connectivity index (χ2v) is 8.74. The van der Waals surface area contributed by atoms with Gasteiger partial charge in [0.05, 0.1) is 17.5 Å². The molecule has 0 aliphatic carbocycles. The van der Waals surface area contributed by atoms with E-state index in [-0.39, 0.29) is 11.8 Å². The summed E-state index contributed by atoms with van der Waals surface area (Å²) in [6.45, 7) is 5.88. The molecule has 2 N–H and O–H groups in total. The van der Waals surface area contributed by atoms with Crippen molar-refractivity contribution in [2.75, 3.05) is 25.0 Å². The van der Waals surface area contributed by atoms with Crippen molar-refractivity contribution in [1.82, 2.24) is 24.6 Å². The first-order chi connectivity index (χ1) is 14.3. The second kappa shape index (κ2) is 8.12. The predicted molar refractivity (Wildman–Crippen MR) is 116 cm³/mol. The van der Waals surface area contributed by atoms with Crippen LogP contribution < -0.4 is 5.32 Å². The number of aliphatic hydroxyl groups is 1. The number of β-amino-alcohol motifs (C(OH)–C–C–N with tert-alkyl or cyclic N) is 1. The maximum absolute atomic E-state index is 12.7. The van der Waals surface area contributed by atoms with Crippen molar-refractivity contribution in [1.29, 1.82) is 0 Å². The number of amides is 1. The molecule has 1 aliphatic rings. The van der Waals surface area contributed by atoms with Crippen molar-refractivity contribution in [3.8, 4) is 11.3 Å². The summed E-state index contributed by atoms with van der Waals surface area (Å²) in [5.74, 6) is 0.519. The number of aromatic nitrogens is 4. The predicted octanol–water partition coefficient (Wildman–Crippen LogP) is 2.45. The van der Waals surface area contributed by atoms with Gasteiger partial charge in [-0.15, -0.1) is 0 Å². The SMILES string of the molecule is Cn1cc(-c2cc3cc(NC(=O)C4CCN(CC(C)(C)O)CC4)ncc3cn2)cn1. The Bertz CT molecular complexity index is 1050. The van der Waals surface area contributed by atoms with Crippen LogP contribution in [-0.2, 0) is 11.8 Å². The maximum atomic E-state index is 12.7. The van der Waals surface area contributed by atoms with Gasteiger partial charge in [0, 0.05) is 49.1 Å². The van der Waals surface area contributed by atoms with Crippen molar-refractivity contribution >= 4 is 22.5 Å². The van der Waals surface area contributed by atoms with Gasteiger partial charge in [-0.05, 0) is 57.3 Å². The summed E-state index contributed by atoms with van der Waals surface area (Å²) in [6.07, 6.45) is 8.78. The molecule has 0 atom stereocenters. The van der Waals surface area contributed by atoms with Crippen molar-refractivity contribution < 1.29 is 9.90 Å². The van der Waals surface area contributed by atoms with Crippen LogP contribution in [0.4, 0.5) is 5.82 Å². The van der Waals surface area contributed by atoms with Gasteiger partial charge in [0.15, 0.2) is 0 Å². The molecule has 8 nitrogen and oxygen atoms in total. The minimum Gasteiger partial charge on any atom is -0.389 e. The van der Waals surface area contributed by atoms with E-state index in [1.165, 1.54) is 0 Å². The summed E-state index contributed by atoms with van der Waals surface area (Å²) >= 11 is 0. The Kier molecular flexibility index (Phi) is 5.53. The smallest absolute Gasteiger partial charge is 0.228 e. The minimum absolute atomic E-state index is 0.00583. The second-order valence-electron chi connectivity index (χ2n) is 8.74. The van der Waals surface area contributed by atoms with Crippen molar-refractivity contribution in [3.63, 3.8) is 0 Å². The molecular formula is C22H28N6O2. The number of nitrogens with one attached hydrogen (secondary N) is 1. The van der Waals surface area contributed by atoms with Crippen LogP contribution in [0.15, 0.2) is 36.9 Å². The van der Waals surface area contributed by atoms with Crippen LogP contribution in [0.25, 0.3) is 22.0 Å². The van der Waals surface area contributed by atoms with E-state index in [9.17, 15) is 9.90 Å². The fraction of sp³-hybridized carbons (Fsp3) is 0.455. The van der Waals surface area contributed by atoms with E-state index in [0.717, 1.165) is 48.0 Å². The van der Waals surface area contributed by atoms with Gasteiger partial charge < -0.3 is 15.3 Å². The molecule has 0 saturated carbocycles. The highest BCUT2D eigenvalue weighted by molar-refractivity contribution is 5.94. The number of pyridine rings is 2. The van der Waals surface area contributed by atoms with Gasteiger partial charge in [0.1, 0.15) is 5.82 Å². The van der Waals surface area contributed by atoms with Gasteiger partial charge in [-0.2, -0.15) is 5.10 Å². The van der Waals surface area contributed by atoms with E-state index in [4.69, 9.17) is 0 Å². The molecule has 0 unspecified atom stereocenters.